The number of nitrogens with one attached hydrogen (secondary N) is 1. The van der Waals surface area contributed by atoms with E-state index in [9.17, 15) is 0 Å². The third-order valence-electron chi connectivity index (χ3n) is 3.59. The Morgan fingerprint density at radius 1 is 1.59 bits per heavy atom. The van der Waals surface area contributed by atoms with E-state index >= 15 is 0 Å². The first-order valence-corrected chi connectivity index (χ1v) is 8.00. The number of piperidine rings is 1. The molecule has 2 heterocycles. The topological polar surface area (TPSA) is 29.9 Å². The van der Waals surface area contributed by atoms with Gasteiger partial charge in [-0.2, -0.15) is 11.8 Å². The molecular weight excluding hydrogens is 230 g/mol. The molecule has 0 aromatic carbocycles. The van der Waals surface area contributed by atoms with Crippen LogP contribution in [0.25, 0.3) is 0 Å². The first kappa shape index (κ1) is 13.0. The summed E-state index contributed by atoms with van der Waals surface area (Å²) in [6.07, 6.45) is 11.3. The highest BCUT2D eigenvalue weighted by molar-refractivity contribution is 7.98. The van der Waals surface area contributed by atoms with Crippen LogP contribution in [0.5, 0.6) is 0 Å². The number of thioether (sulfide) groups is 1. The van der Waals surface area contributed by atoms with Crippen molar-refractivity contribution in [3.8, 4) is 0 Å². The fourth-order valence-corrected chi connectivity index (χ4v) is 3.36. The zero-order valence-electron chi connectivity index (χ0n) is 10.9. The van der Waals surface area contributed by atoms with E-state index in [1.807, 2.05) is 24.3 Å². The van der Waals surface area contributed by atoms with Crippen LogP contribution in [-0.4, -0.2) is 28.1 Å². The molecule has 1 fully saturated rings. The molecule has 2 rings (SSSR count). The predicted molar refractivity (Wildman–Crippen MR) is 74.5 cm³/mol. The van der Waals surface area contributed by atoms with Crippen molar-refractivity contribution in [2.45, 2.75) is 44.7 Å². The highest BCUT2D eigenvalue weighted by Crippen LogP contribution is 2.27. The van der Waals surface area contributed by atoms with Crippen LogP contribution >= 0.6 is 11.8 Å². The Bertz CT molecular complexity index is 312. The molecule has 1 saturated heterocycles. The third-order valence-corrected chi connectivity index (χ3v) is 4.31. The zero-order valence-corrected chi connectivity index (χ0v) is 11.7. The fraction of sp³-hybridized carbons (Fsp3) is 0.769. The lowest BCUT2D eigenvalue weighted by molar-refractivity contribution is 0.381. The Kier molecular flexibility index (Phi) is 4.92. The second-order valence-corrected chi connectivity index (χ2v) is 5.66. The van der Waals surface area contributed by atoms with Crippen LogP contribution in [0.15, 0.2) is 12.5 Å². The van der Waals surface area contributed by atoms with Gasteiger partial charge in [-0.3, -0.25) is 0 Å². The fourth-order valence-electron chi connectivity index (χ4n) is 2.58. The largest absolute Gasteiger partial charge is 0.329 e. The van der Waals surface area contributed by atoms with Gasteiger partial charge < -0.3 is 9.88 Å². The lowest BCUT2D eigenvalue weighted by atomic mass is 10.0. The van der Waals surface area contributed by atoms with Gasteiger partial charge in [0.15, 0.2) is 0 Å². The Balaban J connectivity index is 2.14. The molecule has 0 radical (unpaired) electrons. The molecule has 1 aliphatic heterocycles. The molecule has 1 aromatic heterocycles. The van der Waals surface area contributed by atoms with Crippen LogP contribution in [0.4, 0.5) is 0 Å². The molecular formula is C13H23N3S. The predicted octanol–water partition coefficient (Wildman–Crippen LogP) is 3.01. The van der Waals surface area contributed by atoms with Gasteiger partial charge in [0.1, 0.15) is 0 Å². The van der Waals surface area contributed by atoms with E-state index in [0.29, 0.717) is 12.1 Å². The monoisotopic (exact) mass is 253 g/mol. The van der Waals surface area contributed by atoms with Gasteiger partial charge in [0.2, 0.25) is 0 Å². The maximum atomic E-state index is 4.36. The second-order valence-electron chi connectivity index (χ2n) is 4.75. The van der Waals surface area contributed by atoms with Gasteiger partial charge in [0, 0.05) is 24.0 Å². The smallest absolute Gasteiger partial charge is 0.0951 e. The van der Waals surface area contributed by atoms with Crippen molar-refractivity contribution < 1.29 is 0 Å². The SMILES string of the molecule is CCC(CSC)n1cncc1C1CCCCN1. The number of hydrogen-bond donors (Lipinski definition) is 1. The summed E-state index contributed by atoms with van der Waals surface area (Å²) in [6.45, 7) is 3.41. The van der Waals surface area contributed by atoms with Gasteiger partial charge in [0.25, 0.3) is 0 Å². The number of nitrogens with zero attached hydrogens (tertiary/aromatic N) is 2. The lowest BCUT2D eigenvalue weighted by Crippen LogP contribution is -2.29. The van der Waals surface area contributed by atoms with Crippen LogP contribution in [0.1, 0.15) is 50.4 Å². The molecule has 0 saturated carbocycles. The molecule has 3 nitrogen and oxygen atoms in total. The molecule has 4 heteroatoms. The van der Waals surface area contributed by atoms with Gasteiger partial charge in [-0.1, -0.05) is 13.3 Å². The molecule has 2 atom stereocenters. The Hall–Kier alpha value is -0.480. The molecule has 0 bridgehead atoms. The number of rotatable bonds is 5. The maximum Gasteiger partial charge on any atom is 0.0951 e. The van der Waals surface area contributed by atoms with E-state index in [1.54, 1.807) is 0 Å². The van der Waals surface area contributed by atoms with Crippen LogP contribution < -0.4 is 5.32 Å². The van der Waals surface area contributed by atoms with E-state index in [-0.39, 0.29) is 0 Å². The van der Waals surface area contributed by atoms with E-state index in [1.165, 1.54) is 37.1 Å². The van der Waals surface area contributed by atoms with Crippen molar-refractivity contribution >= 4 is 11.8 Å². The summed E-state index contributed by atoms with van der Waals surface area (Å²) in [5, 5.41) is 3.62. The van der Waals surface area contributed by atoms with Crippen molar-refractivity contribution in [3.63, 3.8) is 0 Å². The summed E-state index contributed by atoms with van der Waals surface area (Å²) in [4.78, 5) is 4.36. The minimum absolute atomic E-state index is 0.516. The van der Waals surface area contributed by atoms with Crippen LogP contribution in [0.3, 0.4) is 0 Å². The van der Waals surface area contributed by atoms with E-state index in [2.05, 4.69) is 28.0 Å². The van der Waals surface area contributed by atoms with Gasteiger partial charge >= 0.3 is 0 Å². The highest BCUT2D eigenvalue weighted by Gasteiger charge is 2.21. The summed E-state index contributed by atoms with van der Waals surface area (Å²) in [5.74, 6) is 1.17. The van der Waals surface area contributed by atoms with Crippen molar-refractivity contribution in [1.29, 1.82) is 0 Å². The molecule has 0 spiro atoms. The molecule has 1 aromatic rings. The minimum atomic E-state index is 0.516. The third kappa shape index (κ3) is 3.05. The normalized spacial score (nSPS) is 22.6. The molecule has 17 heavy (non-hydrogen) atoms. The number of hydrogen-bond acceptors (Lipinski definition) is 3. The molecule has 96 valence electrons. The number of imidazole rings is 1. The Labute approximate surface area is 108 Å². The van der Waals surface area contributed by atoms with E-state index in [0.717, 1.165) is 6.54 Å². The van der Waals surface area contributed by atoms with Crippen LogP contribution in [0.2, 0.25) is 0 Å². The Morgan fingerprint density at radius 2 is 2.47 bits per heavy atom. The van der Waals surface area contributed by atoms with Crippen LogP contribution in [0, 0.1) is 0 Å². The van der Waals surface area contributed by atoms with Crippen molar-refractivity contribution in [2.75, 3.05) is 18.6 Å². The maximum absolute atomic E-state index is 4.36. The molecule has 0 aliphatic carbocycles. The lowest BCUT2D eigenvalue weighted by Gasteiger charge is -2.27. The average Bonchev–Trinajstić information content (AvgIpc) is 2.86. The van der Waals surface area contributed by atoms with Gasteiger partial charge in [0.05, 0.1) is 12.0 Å². The highest BCUT2D eigenvalue weighted by atomic mass is 32.2. The summed E-state index contributed by atoms with van der Waals surface area (Å²) in [7, 11) is 0. The van der Waals surface area contributed by atoms with Crippen LogP contribution in [-0.2, 0) is 0 Å². The summed E-state index contributed by atoms with van der Waals surface area (Å²) >= 11 is 1.92. The number of aromatic nitrogens is 2. The standard InChI is InChI=1S/C13H23N3S/c1-3-11(9-17-2)16-10-14-8-13(16)12-6-4-5-7-15-12/h8,10-12,15H,3-7,9H2,1-2H3. The quantitative estimate of drug-likeness (QED) is 0.875. The molecule has 1 aliphatic rings. The molecule has 1 N–H and O–H groups in total. The van der Waals surface area contributed by atoms with E-state index < -0.39 is 0 Å². The van der Waals surface area contributed by atoms with Crippen molar-refractivity contribution in [2.24, 2.45) is 0 Å². The Morgan fingerprint density at radius 3 is 3.12 bits per heavy atom. The minimum Gasteiger partial charge on any atom is -0.329 e. The average molecular weight is 253 g/mol. The van der Waals surface area contributed by atoms with Gasteiger partial charge in [-0.05, 0) is 32.1 Å². The molecule has 2 unspecified atom stereocenters. The second kappa shape index (κ2) is 6.45. The van der Waals surface area contributed by atoms with Crippen molar-refractivity contribution in [1.82, 2.24) is 14.9 Å². The van der Waals surface area contributed by atoms with Gasteiger partial charge in [-0.15, -0.1) is 0 Å². The zero-order chi connectivity index (χ0) is 12.1. The summed E-state index contributed by atoms with van der Waals surface area (Å²) in [5.41, 5.74) is 1.38. The summed E-state index contributed by atoms with van der Waals surface area (Å²) in [6, 6.07) is 1.10. The first-order chi connectivity index (χ1) is 8.36. The van der Waals surface area contributed by atoms with E-state index in [4.69, 9.17) is 0 Å². The first-order valence-electron chi connectivity index (χ1n) is 6.60. The molecule has 0 amide bonds. The summed E-state index contributed by atoms with van der Waals surface area (Å²) < 4.78 is 2.39. The van der Waals surface area contributed by atoms with Crippen molar-refractivity contribution in [3.05, 3.63) is 18.2 Å². The van der Waals surface area contributed by atoms with Gasteiger partial charge in [-0.25, -0.2) is 4.98 Å².